The second-order valence-electron chi connectivity index (χ2n) is 7.52. The molecule has 2 atom stereocenters. The molecule has 1 aromatic rings. The molecule has 3 rings (SSSR count). The van der Waals surface area contributed by atoms with E-state index in [2.05, 4.69) is 10.6 Å². The van der Waals surface area contributed by atoms with E-state index in [1.165, 1.54) is 32.8 Å². The maximum absolute atomic E-state index is 13.2. The first-order chi connectivity index (χ1) is 13.3. The van der Waals surface area contributed by atoms with Crippen molar-refractivity contribution in [2.24, 2.45) is 0 Å². The number of benzene rings is 1. The van der Waals surface area contributed by atoms with Crippen molar-refractivity contribution < 1.29 is 22.7 Å². The smallest absolute Gasteiger partial charge is 0.416 e. The monoisotopic (exact) mass is 416 g/mol. The summed E-state index contributed by atoms with van der Waals surface area (Å²) in [6, 6.07) is 2.62. The molecule has 0 bridgehead atoms. The van der Waals surface area contributed by atoms with Gasteiger partial charge in [0.2, 0.25) is 0 Å². The minimum absolute atomic E-state index is 0.0187. The summed E-state index contributed by atoms with van der Waals surface area (Å²) < 4.78 is 44.6. The van der Waals surface area contributed by atoms with Gasteiger partial charge in [0, 0.05) is 23.0 Å². The molecule has 2 fully saturated rings. The second-order valence-corrected chi connectivity index (χ2v) is 8.37. The van der Waals surface area contributed by atoms with Crippen molar-refractivity contribution in [3.8, 4) is 5.75 Å². The van der Waals surface area contributed by atoms with Gasteiger partial charge in [-0.1, -0.05) is 12.8 Å². The zero-order valence-corrected chi connectivity index (χ0v) is 17.0. The Kier molecular flexibility index (Phi) is 6.81. The lowest BCUT2D eigenvalue weighted by Gasteiger charge is -2.26. The van der Waals surface area contributed by atoms with Gasteiger partial charge in [-0.15, -0.1) is 11.8 Å². The minimum atomic E-state index is -4.49. The van der Waals surface area contributed by atoms with Crippen LogP contribution in [0.1, 0.15) is 60.9 Å². The van der Waals surface area contributed by atoms with E-state index in [9.17, 15) is 18.0 Å². The molecule has 2 aliphatic rings. The average molecular weight is 417 g/mol. The van der Waals surface area contributed by atoms with Gasteiger partial charge in [-0.3, -0.25) is 4.79 Å². The molecule has 156 valence electrons. The highest BCUT2D eigenvalue weighted by atomic mass is 32.2. The lowest BCUT2D eigenvalue weighted by molar-refractivity contribution is -0.137. The van der Waals surface area contributed by atoms with Crippen LogP contribution < -0.4 is 15.4 Å². The van der Waals surface area contributed by atoms with Gasteiger partial charge in [0.15, 0.2) is 0 Å². The van der Waals surface area contributed by atoms with Gasteiger partial charge in [0.25, 0.3) is 5.91 Å². The molecule has 2 aliphatic carbocycles. The van der Waals surface area contributed by atoms with Gasteiger partial charge in [0.05, 0.1) is 18.2 Å². The van der Waals surface area contributed by atoms with E-state index in [0.717, 1.165) is 43.2 Å². The van der Waals surface area contributed by atoms with E-state index < -0.39 is 11.7 Å². The number of hydrogen-bond acceptors (Lipinski definition) is 4. The maximum atomic E-state index is 13.2. The zero-order valence-electron chi connectivity index (χ0n) is 16.2. The third-order valence-corrected chi connectivity index (χ3v) is 6.46. The van der Waals surface area contributed by atoms with E-state index in [-0.39, 0.29) is 34.2 Å². The first-order valence-electron chi connectivity index (χ1n) is 9.73. The summed E-state index contributed by atoms with van der Waals surface area (Å²) in [5.74, 6) is -0.421. The molecule has 4 nitrogen and oxygen atoms in total. The molecule has 0 aromatic heterocycles. The van der Waals surface area contributed by atoms with Crippen LogP contribution in [0.25, 0.3) is 0 Å². The van der Waals surface area contributed by atoms with Gasteiger partial charge >= 0.3 is 6.18 Å². The fourth-order valence-corrected chi connectivity index (χ4v) is 4.91. The maximum Gasteiger partial charge on any atom is 0.416 e. The second kappa shape index (κ2) is 8.95. The quantitative estimate of drug-likeness (QED) is 0.665. The Morgan fingerprint density at radius 2 is 1.79 bits per heavy atom. The van der Waals surface area contributed by atoms with Crippen LogP contribution in [0.5, 0.6) is 5.75 Å². The molecule has 0 saturated heterocycles. The van der Waals surface area contributed by atoms with Crippen LogP contribution in [0.15, 0.2) is 17.0 Å². The SMILES string of the molecule is COc1cc(C(F)(F)F)cc(SC)c1C(=O)N[C@H]1CCC[C@H]1NC1CCCC1. The van der Waals surface area contributed by atoms with Crippen molar-refractivity contribution in [1.82, 2.24) is 10.6 Å². The van der Waals surface area contributed by atoms with Gasteiger partial charge in [0.1, 0.15) is 5.75 Å². The molecular formula is C20H27F3N2O2S. The number of nitrogens with one attached hydrogen (secondary N) is 2. The summed E-state index contributed by atoms with van der Waals surface area (Å²) in [5.41, 5.74) is -0.638. The van der Waals surface area contributed by atoms with Crippen LogP contribution in [-0.4, -0.2) is 37.4 Å². The van der Waals surface area contributed by atoms with Crippen LogP contribution in [0.3, 0.4) is 0 Å². The Morgan fingerprint density at radius 3 is 2.39 bits per heavy atom. The molecule has 8 heteroatoms. The number of rotatable bonds is 6. The van der Waals surface area contributed by atoms with Crippen molar-refractivity contribution >= 4 is 17.7 Å². The van der Waals surface area contributed by atoms with Crippen molar-refractivity contribution in [2.45, 2.75) is 74.1 Å². The number of carbonyl (C=O) groups excluding carboxylic acids is 1. The third-order valence-electron chi connectivity index (χ3n) is 5.70. The predicted octanol–water partition coefficient (Wildman–Crippen LogP) is 4.62. The Balaban J connectivity index is 1.79. The van der Waals surface area contributed by atoms with E-state index >= 15 is 0 Å². The molecule has 0 unspecified atom stereocenters. The summed E-state index contributed by atoms with van der Waals surface area (Å²) in [6.07, 6.45) is 4.87. The number of thioether (sulfide) groups is 1. The molecule has 0 aliphatic heterocycles. The van der Waals surface area contributed by atoms with Crippen molar-refractivity contribution in [3.05, 3.63) is 23.3 Å². The van der Waals surface area contributed by atoms with Crippen molar-refractivity contribution in [1.29, 1.82) is 0 Å². The van der Waals surface area contributed by atoms with Crippen LogP contribution in [0.4, 0.5) is 13.2 Å². The van der Waals surface area contributed by atoms with Crippen LogP contribution in [0.2, 0.25) is 0 Å². The van der Waals surface area contributed by atoms with Crippen LogP contribution in [-0.2, 0) is 6.18 Å². The van der Waals surface area contributed by atoms with Gasteiger partial charge in [-0.25, -0.2) is 0 Å². The average Bonchev–Trinajstić information content (AvgIpc) is 3.32. The van der Waals surface area contributed by atoms with E-state index in [4.69, 9.17) is 4.74 Å². The number of carbonyl (C=O) groups is 1. The van der Waals surface area contributed by atoms with Crippen LogP contribution in [0, 0.1) is 0 Å². The molecule has 0 radical (unpaired) electrons. The number of alkyl halides is 3. The molecule has 28 heavy (non-hydrogen) atoms. The highest BCUT2D eigenvalue weighted by molar-refractivity contribution is 7.98. The number of halogens is 3. The first kappa shape index (κ1) is 21.3. The molecule has 1 amide bonds. The lowest BCUT2D eigenvalue weighted by Crippen LogP contribution is -2.49. The van der Waals surface area contributed by atoms with E-state index in [1.54, 1.807) is 6.26 Å². The normalized spacial score (nSPS) is 23.2. The minimum Gasteiger partial charge on any atom is -0.496 e. The topological polar surface area (TPSA) is 50.4 Å². The van der Waals surface area contributed by atoms with E-state index in [1.807, 2.05) is 0 Å². The Hall–Kier alpha value is -1.41. The highest BCUT2D eigenvalue weighted by Gasteiger charge is 2.35. The Morgan fingerprint density at radius 1 is 1.11 bits per heavy atom. The Labute approximate surface area is 168 Å². The fraction of sp³-hybridized carbons (Fsp3) is 0.650. The zero-order chi connectivity index (χ0) is 20.3. The van der Waals surface area contributed by atoms with Crippen LogP contribution >= 0.6 is 11.8 Å². The molecule has 0 spiro atoms. The number of amides is 1. The molecule has 0 heterocycles. The standard InChI is InChI=1S/C20H27F3N2O2S/c1-27-16-10-12(20(21,22)23)11-17(28-2)18(16)19(26)25-15-9-5-8-14(15)24-13-6-3-4-7-13/h10-11,13-15,24H,3-9H2,1-2H3,(H,25,26)/t14-,15+/m1/s1. The molecule has 2 N–H and O–H groups in total. The first-order valence-corrected chi connectivity index (χ1v) is 11.0. The van der Waals surface area contributed by atoms with Crippen molar-refractivity contribution in [2.75, 3.05) is 13.4 Å². The predicted molar refractivity (Wildman–Crippen MR) is 104 cm³/mol. The fourth-order valence-electron chi connectivity index (χ4n) is 4.27. The molecule has 1 aromatic carbocycles. The summed E-state index contributed by atoms with van der Waals surface area (Å²) in [7, 11) is 1.29. The van der Waals surface area contributed by atoms with E-state index in [0.29, 0.717) is 6.04 Å². The third kappa shape index (κ3) is 4.76. The number of methoxy groups -OCH3 is 1. The summed E-state index contributed by atoms with van der Waals surface area (Å²) >= 11 is 1.11. The molecular weight excluding hydrogens is 389 g/mol. The Bertz CT molecular complexity index is 680. The number of hydrogen-bond donors (Lipinski definition) is 2. The van der Waals surface area contributed by atoms with Gasteiger partial charge in [-0.05, 0) is 50.5 Å². The molecule has 2 saturated carbocycles. The summed E-state index contributed by atoms with van der Waals surface area (Å²) in [6.45, 7) is 0. The number of ether oxygens (including phenoxy) is 1. The van der Waals surface area contributed by atoms with Gasteiger partial charge in [-0.2, -0.15) is 13.2 Å². The highest BCUT2D eigenvalue weighted by Crippen LogP contribution is 2.38. The van der Waals surface area contributed by atoms with Gasteiger partial charge < -0.3 is 15.4 Å². The largest absolute Gasteiger partial charge is 0.496 e. The summed E-state index contributed by atoms with van der Waals surface area (Å²) in [4.78, 5) is 13.3. The lowest BCUT2D eigenvalue weighted by atomic mass is 10.1. The summed E-state index contributed by atoms with van der Waals surface area (Å²) in [5, 5.41) is 6.72. The van der Waals surface area contributed by atoms with Crippen molar-refractivity contribution in [3.63, 3.8) is 0 Å².